The Kier molecular flexibility index (Phi) is 3.73. The van der Waals surface area contributed by atoms with E-state index in [-0.39, 0.29) is 12.1 Å². The van der Waals surface area contributed by atoms with E-state index >= 15 is 0 Å². The molecule has 1 aliphatic rings. The second-order valence-corrected chi connectivity index (χ2v) is 8.77. The molecule has 2 atom stereocenters. The predicted octanol–water partition coefficient (Wildman–Crippen LogP) is 5.32. The molecule has 2 aromatic carbocycles. The first kappa shape index (κ1) is 18.7. The van der Waals surface area contributed by atoms with E-state index in [9.17, 15) is 24.2 Å². The van der Waals surface area contributed by atoms with E-state index < -0.39 is 33.1 Å². The van der Waals surface area contributed by atoms with Crippen LogP contribution in [0.15, 0.2) is 53.4 Å². The first-order chi connectivity index (χ1) is 11.8. The summed E-state index contributed by atoms with van der Waals surface area (Å²) in [5, 5.41) is 0. The van der Waals surface area contributed by atoms with Gasteiger partial charge in [-0.25, -0.2) is 0 Å². The molecule has 0 saturated heterocycles. The number of hydrogen-bond donors (Lipinski definition) is 1. The van der Waals surface area contributed by atoms with E-state index in [1.54, 1.807) is 37.3 Å². The zero-order valence-electron chi connectivity index (χ0n) is 13.7. The molecule has 0 bridgehead atoms. The molecule has 26 heavy (non-hydrogen) atoms. The van der Waals surface area contributed by atoms with E-state index in [1.165, 1.54) is 0 Å². The third-order valence-corrected chi connectivity index (χ3v) is 5.57. The molecule has 0 unspecified atom stereocenters. The van der Waals surface area contributed by atoms with Crippen molar-refractivity contribution in [1.82, 2.24) is 0 Å². The monoisotopic (exact) mass is 392 g/mol. The quantitative estimate of drug-likeness (QED) is 0.719. The first-order valence-electron chi connectivity index (χ1n) is 7.78. The molecule has 2 N–H and O–H groups in total. The molecule has 142 valence electrons. The largest absolute Gasteiger partial charge is 0.320 e. The summed E-state index contributed by atoms with van der Waals surface area (Å²) in [7, 11) is -9.86. The zero-order chi connectivity index (χ0) is 19.4. The van der Waals surface area contributed by atoms with Gasteiger partial charge in [0.2, 0.25) is 5.91 Å². The molecule has 1 heterocycles. The minimum atomic E-state index is -9.86. The van der Waals surface area contributed by atoms with Gasteiger partial charge in [0.25, 0.3) is 0 Å². The topological polar surface area (TPSA) is 46.3 Å². The number of carbonyl (C=O) groups is 1. The number of benzene rings is 2. The summed E-state index contributed by atoms with van der Waals surface area (Å²) in [6.45, 7) is 1.61. The number of amides is 1. The summed E-state index contributed by atoms with van der Waals surface area (Å²) in [4.78, 5) is 11.6. The lowest BCUT2D eigenvalue weighted by atomic mass is 9.94. The maximum absolute atomic E-state index is 13.2. The van der Waals surface area contributed by atoms with Crippen LogP contribution in [-0.2, 0) is 11.2 Å². The van der Waals surface area contributed by atoms with Crippen LogP contribution in [0.2, 0.25) is 0 Å². The van der Waals surface area contributed by atoms with Gasteiger partial charge >= 0.3 is 10.2 Å². The minimum Gasteiger partial charge on any atom is -0.320 e. The van der Waals surface area contributed by atoms with E-state index in [1.807, 2.05) is 0 Å². The Bertz CT molecular complexity index is 870. The molecule has 2 aromatic rings. The maximum atomic E-state index is 13.2. The van der Waals surface area contributed by atoms with Crippen LogP contribution in [0.3, 0.4) is 0 Å². The fraction of sp³-hybridized carbons (Fsp3) is 0.235. The van der Waals surface area contributed by atoms with Crippen LogP contribution < -0.4 is 10.6 Å². The van der Waals surface area contributed by atoms with Crippen LogP contribution in [0, 0.1) is 0 Å². The Balaban J connectivity index is 2.17. The lowest BCUT2D eigenvalue weighted by Gasteiger charge is -2.43. The number of nitrogens with zero attached hydrogens (tertiary/aromatic N) is 1. The van der Waals surface area contributed by atoms with Crippen molar-refractivity contribution in [1.29, 1.82) is 0 Å². The molecule has 0 aliphatic carbocycles. The molecule has 3 rings (SSSR count). The van der Waals surface area contributed by atoms with Crippen LogP contribution in [0.1, 0.15) is 24.1 Å². The number of fused-ring (bicyclic) bond motifs is 1. The van der Waals surface area contributed by atoms with Gasteiger partial charge in [-0.15, -0.1) is 0 Å². The lowest BCUT2D eigenvalue weighted by molar-refractivity contribution is -0.120. The number of nitrogens with two attached hydrogens (primary N) is 1. The number of anilines is 1. The number of rotatable bonds is 3. The summed E-state index contributed by atoms with van der Waals surface area (Å²) in [6, 6.07) is 8.66. The van der Waals surface area contributed by atoms with Gasteiger partial charge in [0, 0.05) is 5.69 Å². The Labute approximate surface area is 147 Å². The summed E-state index contributed by atoms with van der Waals surface area (Å²) >= 11 is 0. The van der Waals surface area contributed by atoms with E-state index in [4.69, 9.17) is 5.73 Å². The van der Waals surface area contributed by atoms with E-state index in [0.29, 0.717) is 23.3 Å². The van der Waals surface area contributed by atoms with Crippen LogP contribution in [0.25, 0.3) is 0 Å². The summed E-state index contributed by atoms with van der Waals surface area (Å²) in [6.07, 6.45) is -0.00717. The van der Waals surface area contributed by atoms with Crippen LogP contribution in [-0.4, -0.2) is 11.9 Å². The molecule has 0 radical (unpaired) electrons. The molecular weight excluding hydrogens is 375 g/mol. The van der Waals surface area contributed by atoms with Crippen LogP contribution in [0.5, 0.6) is 0 Å². The molecule has 0 fully saturated rings. The summed E-state index contributed by atoms with van der Waals surface area (Å²) < 4.78 is 66.1. The molecule has 1 aliphatic heterocycles. The van der Waals surface area contributed by atoms with Crippen LogP contribution in [0.4, 0.5) is 25.1 Å². The minimum absolute atomic E-state index is 0.00717. The highest BCUT2D eigenvalue weighted by atomic mass is 32.5. The average molecular weight is 392 g/mol. The SMILES string of the molecule is C[C@@H](c1ccccc1)N1C(=O)[C@H](N)Cc2ccc(S(F)(F)(F)(F)F)cc21. The lowest BCUT2D eigenvalue weighted by Crippen LogP contribution is -2.49. The molecule has 1 amide bonds. The van der Waals surface area contributed by atoms with Crippen molar-refractivity contribution >= 4 is 21.8 Å². The fourth-order valence-corrected chi connectivity index (χ4v) is 3.74. The second-order valence-electron chi connectivity index (χ2n) is 6.37. The fourth-order valence-electron chi connectivity index (χ4n) is 3.08. The van der Waals surface area contributed by atoms with Gasteiger partial charge in [0.15, 0.2) is 0 Å². The standard InChI is InChI=1S/C17H17F5N2OS/c1-11(12-5-3-2-4-6-12)24-16-10-14(26(18,19,20,21)22)8-7-13(16)9-15(23)17(24)25/h2-8,10-11,15H,9,23H2,1H3/t11-,15+/m0/s1. The van der Waals surface area contributed by atoms with Crippen molar-refractivity contribution in [2.75, 3.05) is 4.90 Å². The van der Waals surface area contributed by atoms with E-state index in [0.717, 1.165) is 11.0 Å². The van der Waals surface area contributed by atoms with Gasteiger partial charge in [-0.05, 0) is 36.6 Å². The van der Waals surface area contributed by atoms with Crippen LogP contribution >= 0.6 is 10.2 Å². The first-order valence-corrected chi connectivity index (χ1v) is 9.74. The van der Waals surface area contributed by atoms with Crippen molar-refractivity contribution in [2.45, 2.75) is 30.3 Å². The van der Waals surface area contributed by atoms with Gasteiger partial charge in [-0.2, -0.15) is 0 Å². The smallest absolute Gasteiger partial charge is 0.310 e. The molecule has 0 aromatic heterocycles. The Morgan fingerprint density at radius 1 is 1.08 bits per heavy atom. The van der Waals surface area contributed by atoms with Crippen molar-refractivity contribution in [3.8, 4) is 0 Å². The normalized spacial score (nSPS) is 21.6. The van der Waals surface area contributed by atoms with E-state index in [2.05, 4.69) is 0 Å². The summed E-state index contributed by atoms with van der Waals surface area (Å²) in [5.74, 6) is -0.604. The molecular formula is C17H17F5N2OS. The Morgan fingerprint density at radius 2 is 1.69 bits per heavy atom. The highest BCUT2D eigenvalue weighted by molar-refractivity contribution is 8.45. The highest BCUT2D eigenvalue weighted by Crippen LogP contribution is 3.02. The number of hydrogen-bond acceptors (Lipinski definition) is 2. The van der Waals surface area contributed by atoms with Crippen molar-refractivity contribution in [2.24, 2.45) is 5.73 Å². The van der Waals surface area contributed by atoms with Gasteiger partial charge in [0.05, 0.1) is 12.1 Å². The maximum Gasteiger partial charge on any atom is 0.310 e. The molecule has 3 nitrogen and oxygen atoms in total. The Morgan fingerprint density at radius 3 is 2.27 bits per heavy atom. The summed E-state index contributed by atoms with van der Waals surface area (Å²) in [5.41, 5.74) is 6.62. The highest BCUT2D eigenvalue weighted by Gasteiger charge is 2.65. The number of halogens is 5. The van der Waals surface area contributed by atoms with Crippen molar-refractivity contribution in [3.05, 3.63) is 59.7 Å². The Hall–Kier alpha value is -2.13. The van der Waals surface area contributed by atoms with Crippen molar-refractivity contribution in [3.63, 3.8) is 0 Å². The predicted molar refractivity (Wildman–Crippen MR) is 91.9 cm³/mol. The van der Waals surface area contributed by atoms with Gasteiger partial charge in [-0.3, -0.25) is 4.79 Å². The third kappa shape index (κ3) is 3.41. The average Bonchev–Trinajstić information content (AvgIpc) is 2.54. The second kappa shape index (κ2) is 5.20. The molecule has 9 heteroatoms. The third-order valence-electron chi connectivity index (χ3n) is 4.43. The van der Waals surface area contributed by atoms with Gasteiger partial charge in [-0.1, -0.05) is 55.8 Å². The zero-order valence-corrected chi connectivity index (χ0v) is 14.5. The molecule has 0 saturated carbocycles. The van der Waals surface area contributed by atoms with Crippen molar-refractivity contribution < 1.29 is 24.2 Å². The van der Waals surface area contributed by atoms with Gasteiger partial charge in [0.1, 0.15) is 4.90 Å². The molecule has 0 spiro atoms. The number of carbonyl (C=O) groups excluding carboxylic acids is 1. The van der Waals surface area contributed by atoms with Gasteiger partial charge < -0.3 is 10.6 Å².